The van der Waals surface area contributed by atoms with Crippen molar-refractivity contribution in [3.8, 4) is 11.5 Å². The fourth-order valence-electron chi connectivity index (χ4n) is 2.35. The van der Waals surface area contributed by atoms with Crippen LogP contribution < -0.4 is 14.8 Å². The number of ether oxygens (including phenoxy) is 2. The Bertz CT molecular complexity index is 389. The van der Waals surface area contributed by atoms with Crippen LogP contribution >= 0.6 is 11.6 Å². The van der Waals surface area contributed by atoms with E-state index < -0.39 is 0 Å². The van der Waals surface area contributed by atoms with Crippen LogP contribution in [0.25, 0.3) is 0 Å². The van der Waals surface area contributed by atoms with E-state index in [1.54, 1.807) is 14.2 Å². The van der Waals surface area contributed by atoms with Crippen molar-refractivity contribution in [3.05, 3.63) is 22.7 Å². The maximum atomic E-state index is 6.29. The highest BCUT2D eigenvalue weighted by Crippen LogP contribution is 2.41. The topological polar surface area (TPSA) is 30.5 Å². The highest BCUT2D eigenvalue weighted by molar-refractivity contribution is 6.31. The standard InChI is InChI=1S/C13H18ClNO2/c1-16-11-7-6-9(14)12(13(11)17-2)10-5-3-4-8-15-10/h6-7,10,15H,3-5,8H2,1-2H3. The van der Waals surface area contributed by atoms with Crippen molar-refractivity contribution in [2.24, 2.45) is 0 Å². The van der Waals surface area contributed by atoms with Crippen molar-refractivity contribution in [2.75, 3.05) is 20.8 Å². The molecular formula is C13H18ClNO2. The van der Waals surface area contributed by atoms with E-state index in [4.69, 9.17) is 21.1 Å². The average Bonchev–Trinajstić information content (AvgIpc) is 2.39. The Morgan fingerprint density at radius 3 is 2.65 bits per heavy atom. The molecule has 1 atom stereocenters. The summed E-state index contributed by atoms with van der Waals surface area (Å²) >= 11 is 6.29. The van der Waals surface area contributed by atoms with E-state index in [-0.39, 0.29) is 6.04 Å². The molecule has 1 aliphatic heterocycles. The molecule has 0 bridgehead atoms. The number of hydrogen-bond acceptors (Lipinski definition) is 3. The van der Waals surface area contributed by atoms with Crippen LogP contribution in [-0.4, -0.2) is 20.8 Å². The van der Waals surface area contributed by atoms with Crippen molar-refractivity contribution < 1.29 is 9.47 Å². The van der Waals surface area contributed by atoms with Crippen molar-refractivity contribution in [2.45, 2.75) is 25.3 Å². The summed E-state index contributed by atoms with van der Waals surface area (Å²) in [5.41, 5.74) is 1.02. The molecule has 0 aromatic heterocycles. The molecule has 1 saturated heterocycles. The third kappa shape index (κ3) is 2.50. The highest BCUT2D eigenvalue weighted by Gasteiger charge is 2.23. The van der Waals surface area contributed by atoms with Gasteiger partial charge in [-0.1, -0.05) is 18.0 Å². The Balaban J connectivity index is 2.41. The summed E-state index contributed by atoms with van der Waals surface area (Å²) in [6, 6.07) is 3.98. The summed E-state index contributed by atoms with van der Waals surface area (Å²) in [6.07, 6.45) is 3.53. The predicted octanol–water partition coefficient (Wildman–Crippen LogP) is 3.17. The molecule has 3 nitrogen and oxygen atoms in total. The number of hydrogen-bond donors (Lipinski definition) is 1. The molecule has 0 aliphatic carbocycles. The lowest BCUT2D eigenvalue weighted by Gasteiger charge is -2.26. The summed E-state index contributed by atoms with van der Waals surface area (Å²) < 4.78 is 10.8. The first-order valence-electron chi connectivity index (χ1n) is 5.91. The van der Waals surface area contributed by atoms with Crippen LogP contribution in [-0.2, 0) is 0 Å². The molecule has 0 saturated carbocycles. The van der Waals surface area contributed by atoms with Gasteiger partial charge in [0.25, 0.3) is 0 Å². The number of nitrogens with one attached hydrogen (secondary N) is 1. The van der Waals surface area contributed by atoms with Crippen LogP contribution in [0.1, 0.15) is 30.9 Å². The minimum Gasteiger partial charge on any atom is -0.493 e. The molecule has 94 valence electrons. The molecule has 1 fully saturated rings. The second kappa shape index (κ2) is 5.61. The number of benzene rings is 1. The van der Waals surface area contributed by atoms with Gasteiger partial charge in [0.05, 0.1) is 14.2 Å². The molecule has 17 heavy (non-hydrogen) atoms. The molecule has 1 aromatic carbocycles. The van der Waals surface area contributed by atoms with Crippen LogP contribution in [0.2, 0.25) is 5.02 Å². The molecule has 4 heteroatoms. The molecule has 1 aliphatic rings. The van der Waals surface area contributed by atoms with Crippen molar-refractivity contribution in [1.29, 1.82) is 0 Å². The Morgan fingerprint density at radius 2 is 2.06 bits per heavy atom. The molecule has 1 aromatic rings. The Labute approximate surface area is 107 Å². The molecule has 1 N–H and O–H groups in total. The van der Waals surface area contributed by atoms with E-state index in [1.165, 1.54) is 12.8 Å². The van der Waals surface area contributed by atoms with E-state index >= 15 is 0 Å². The molecule has 2 rings (SSSR count). The number of methoxy groups -OCH3 is 2. The van der Waals surface area contributed by atoms with E-state index in [0.29, 0.717) is 0 Å². The zero-order valence-corrected chi connectivity index (χ0v) is 11.0. The predicted molar refractivity (Wildman–Crippen MR) is 69.2 cm³/mol. The maximum Gasteiger partial charge on any atom is 0.166 e. The number of piperidine rings is 1. The van der Waals surface area contributed by atoms with Crippen molar-refractivity contribution in [3.63, 3.8) is 0 Å². The first kappa shape index (κ1) is 12.5. The largest absolute Gasteiger partial charge is 0.493 e. The summed E-state index contributed by atoms with van der Waals surface area (Å²) in [7, 11) is 3.30. The lowest BCUT2D eigenvalue weighted by Crippen LogP contribution is -2.27. The van der Waals surface area contributed by atoms with Gasteiger partial charge in [-0.3, -0.25) is 0 Å². The van der Waals surface area contributed by atoms with Gasteiger partial charge in [-0.05, 0) is 31.5 Å². The van der Waals surface area contributed by atoms with E-state index in [1.807, 2.05) is 12.1 Å². The molecule has 0 spiro atoms. The van der Waals surface area contributed by atoms with Crippen LogP contribution in [0.3, 0.4) is 0 Å². The molecular weight excluding hydrogens is 238 g/mol. The van der Waals surface area contributed by atoms with Crippen LogP contribution in [0, 0.1) is 0 Å². The lowest BCUT2D eigenvalue weighted by atomic mass is 9.96. The zero-order chi connectivity index (χ0) is 12.3. The highest BCUT2D eigenvalue weighted by atomic mass is 35.5. The minimum atomic E-state index is 0.265. The number of rotatable bonds is 3. The van der Waals surface area contributed by atoms with E-state index in [2.05, 4.69) is 5.32 Å². The van der Waals surface area contributed by atoms with Crippen molar-refractivity contribution >= 4 is 11.6 Å². The van der Waals surface area contributed by atoms with E-state index in [0.717, 1.165) is 35.1 Å². The van der Waals surface area contributed by atoms with E-state index in [9.17, 15) is 0 Å². The van der Waals surface area contributed by atoms with Gasteiger partial charge in [0.2, 0.25) is 0 Å². The van der Waals surface area contributed by atoms with Crippen molar-refractivity contribution in [1.82, 2.24) is 5.32 Å². The third-order valence-electron chi connectivity index (χ3n) is 3.19. The quantitative estimate of drug-likeness (QED) is 0.900. The lowest BCUT2D eigenvalue weighted by molar-refractivity contribution is 0.338. The van der Waals surface area contributed by atoms with Gasteiger partial charge in [0.15, 0.2) is 11.5 Å². The van der Waals surface area contributed by atoms with Crippen LogP contribution in [0.4, 0.5) is 0 Å². The summed E-state index contributed by atoms with van der Waals surface area (Å²) in [4.78, 5) is 0. The first-order chi connectivity index (χ1) is 8.27. The Kier molecular flexibility index (Phi) is 4.13. The molecule has 0 amide bonds. The van der Waals surface area contributed by atoms with Gasteiger partial charge in [-0.15, -0.1) is 0 Å². The number of halogens is 1. The zero-order valence-electron chi connectivity index (χ0n) is 10.3. The van der Waals surface area contributed by atoms with Crippen LogP contribution in [0.5, 0.6) is 11.5 Å². The summed E-state index contributed by atoms with van der Waals surface area (Å²) in [5.74, 6) is 1.48. The summed E-state index contributed by atoms with van der Waals surface area (Å²) in [6.45, 7) is 1.03. The fourth-order valence-corrected chi connectivity index (χ4v) is 2.63. The Hall–Kier alpha value is -0.930. The van der Waals surface area contributed by atoms with Gasteiger partial charge in [0, 0.05) is 16.6 Å². The monoisotopic (exact) mass is 255 g/mol. The molecule has 1 unspecified atom stereocenters. The molecule has 1 heterocycles. The van der Waals surface area contributed by atoms with Gasteiger partial charge in [0.1, 0.15) is 0 Å². The smallest absolute Gasteiger partial charge is 0.166 e. The van der Waals surface area contributed by atoms with Gasteiger partial charge < -0.3 is 14.8 Å². The van der Waals surface area contributed by atoms with Crippen LogP contribution in [0.15, 0.2) is 12.1 Å². The molecule has 0 radical (unpaired) electrons. The van der Waals surface area contributed by atoms with Gasteiger partial charge in [-0.2, -0.15) is 0 Å². The summed E-state index contributed by atoms with van der Waals surface area (Å²) in [5, 5.41) is 4.22. The second-order valence-electron chi connectivity index (χ2n) is 4.20. The average molecular weight is 256 g/mol. The first-order valence-corrected chi connectivity index (χ1v) is 6.29. The fraction of sp³-hybridized carbons (Fsp3) is 0.538. The maximum absolute atomic E-state index is 6.29. The Morgan fingerprint density at radius 1 is 1.24 bits per heavy atom. The second-order valence-corrected chi connectivity index (χ2v) is 4.61. The SMILES string of the molecule is COc1ccc(Cl)c(C2CCCCN2)c1OC. The van der Waals surface area contributed by atoms with Gasteiger partial charge >= 0.3 is 0 Å². The minimum absolute atomic E-state index is 0.265. The normalized spacial score (nSPS) is 20.1. The van der Waals surface area contributed by atoms with Gasteiger partial charge in [-0.25, -0.2) is 0 Å². The third-order valence-corrected chi connectivity index (χ3v) is 3.52.